The maximum absolute atomic E-state index is 13.0. The predicted octanol–water partition coefficient (Wildman–Crippen LogP) is 4.30. The number of carbonyl (C=O) groups excluding carboxylic acids is 1. The Morgan fingerprint density at radius 2 is 1.79 bits per heavy atom. The van der Waals surface area contributed by atoms with Gasteiger partial charge in [-0.2, -0.15) is 0 Å². The summed E-state index contributed by atoms with van der Waals surface area (Å²) in [6, 6.07) is 13.7. The lowest BCUT2D eigenvalue weighted by Gasteiger charge is -2.10. The van der Waals surface area contributed by atoms with E-state index in [1.807, 2.05) is 41.0 Å². The summed E-state index contributed by atoms with van der Waals surface area (Å²) >= 11 is 0. The summed E-state index contributed by atoms with van der Waals surface area (Å²) in [5.41, 5.74) is 12.7. The van der Waals surface area contributed by atoms with Gasteiger partial charge in [0.05, 0.1) is 11.0 Å². The van der Waals surface area contributed by atoms with Gasteiger partial charge in [0.2, 0.25) is 0 Å². The smallest absolute Gasteiger partial charge is 0.257 e. The Bertz CT molecular complexity index is 1230. The van der Waals surface area contributed by atoms with Crippen LogP contribution in [0.2, 0.25) is 0 Å². The topological polar surface area (TPSA) is 85.8 Å². The summed E-state index contributed by atoms with van der Waals surface area (Å²) in [5, 5.41) is 2.97. The number of amides is 1. The van der Waals surface area contributed by atoms with Gasteiger partial charge in [-0.3, -0.25) is 9.36 Å². The summed E-state index contributed by atoms with van der Waals surface area (Å²) in [6.07, 6.45) is 1.92. The van der Waals surface area contributed by atoms with E-state index >= 15 is 0 Å². The van der Waals surface area contributed by atoms with E-state index in [-0.39, 0.29) is 5.91 Å². The predicted molar refractivity (Wildman–Crippen MR) is 117 cm³/mol. The number of carbonyl (C=O) groups is 1. The van der Waals surface area contributed by atoms with E-state index in [1.165, 1.54) is 5.56 Å². The standard InChI is InChI=1S/C23H25N5O/c1-4-5-12-25-23(29)19-20-22(27-18-9-7-6-8-17(18)26-20)28(21(19)24)16-11-10-14(2)15(3)13-16/h6-11,13H,4-5,12,24H2,1-3H3,(H,25,29). The number of unbranched alkanes of at least 4 members (excludes halogenated alkanes) is 1. The second-order valence-corrected chi connectivity index (χ2v) is 7.36. The fourth-order valence-electron chi connectivity index (χ4n) is 3.48. The monoisotopic (exact) mass is 387 g/mol. The molecule has 0 aliphatic heterocycles. The average molecular weight is 387 g/mol. The fourth-order valence-corrected chi connectivity index (χ4v) is 3.48. The van der Waals surface area contributed by atoms with Crippen molar-refractivity contribution in [2.75, 3.05) is 12.3 Å². The van der Waals surface area contributed by atoms with E-state index in [9.17, 15) is 4.79 Å². The molecule has 2 aromatic carbocycles. The lowest BCUT2D eigenvalue weighted by Crippen LogP contribution is -2.25. The van der Waals surface area contributed by atoms with Crippen LogP contribution in [0.15, 0.2) is 42.5 Å². The van der Waals surface area contributed by atoms with E-state index in [2.05, 4.69) is 32.2 Å². The van der Waals surface area contributed by atoms with E-state index in [0.717, 1.165) is 35.1 Å². The number of fused-ring (bicyclic) bond motifs is 2. The maximum atomic E-state index is 13.0. The average Bonchev–Trinajstić information content (AvgIpc) is 2.99. The van der Waals surface area contributed by atoms with Gasteiger partial charge in [-0.15, -0.1) is 0 Å². The van der Waals surface area contributed by atoms with Crippen molar-refractivity contribution in [1.29, 1.82) is 0 Å². The quantitative estimate of drug-likeness (QED) is 0.500. The van der Waals surface area contributed by atoms with E-state index in [0.29, 0.717) is 29.1 Å². The van der Waals surface area contributed by atoms with Crippen molar-refractivity contribution in [3.63, 3.8) is 0 Å². The molecule has 2 aromatic heterocycles. The Morgan fingerprint density at radius 3 is 2.48 bits per heavy atom. The number of hydrogen-bond donors (Lipinski definition) is 2. The minimum Gasteiger partial charge on any atom is -0.384 e. The van der Waals surface area contributed by atoms with Crippen molar-refractivity contribution in [2.45, 2.75) is 33.6 Å². The Hall–Kier alpha value is -3.41. The first-order chi connectivity index (χ1) is 14.0. The molecule has 0 aliphatic rings. The molecular formula is C23H25N5O. The molecule has 4 aromatic rings. The van der Waals surface area contributed by atoms with E-state index in [1.54, 1.807) is 0 Å². The third-order valence-corrected chi connectivity index (χ3v) is 5.29. The van der Waals surface area contributed by atoms with Crippen molar-refractivity contribution in [1.82, 2.24) is 19.9 Å². The molecule has 0 aliphatic carbocycles. The van der Waals surface area contributed by atoms with Gasteiger partial charge < -0.3 is 11.1 Å². The Labute approximate surface area is 169 Å². The van der Waals surface area contributed by atoms with Crippen LogP contribution in [0.3, 0.4) is 0 Å². The number of aryl methyl sites for hydroxylation is 2. The number of para-hydroxylation sites is 2. The first kappa shape index (κ1) is 18.9. The number of nitrogens with zero attached hydrogens (tertiary/aromatic N) is 3. The molecular weight excluding hydrogens is 362 g/mol. The zero-order valence-electron chi connectivity index (χ0n) is 17.0. The zero-order chi connectivity index (χ0) is 20.5. The molecule has 0 bridgehead atoms. The number of aromatic nitrogens is 3. The van der Waals surface area contributed by atoms with Gasteiger partial charge in [0, 0.05) is 12.2 Å². The Kier molecular flexibility index (Phi) is 4.92. The fraction of sp³-hybridized carbons (Fsp3) is 0.261. The highest BCUT2D eigenvalue weighted by Crippen LogP contribution is 2.31. The molecule has 0 fully saturated rings. The number of nitrogen functional groups attached to an aromatic ring is 1. The Morgan fingerprint density at radius 1 is 1.07 bits per heavy atom. The maximum Gasteiger partial charge on any atom is 0.257 e. The van der Waals surface area contributed by atoms with Crippen LogP contribution in [0, 0.1) is 13.8 Å². The highest BCUT2D eigenvalue weighted by Gasteiger charge is 2.24. The molecule has 0 unspecified atom stereocenters. The highest BCUT2D eigenvalue weighted by atomic mass is 16.1. The van der Waals surface area contributed by atoms with Gasteiger partial charge >= 0.3 is 0 Å². The first-order valence-corrected chi connectivity index (χ1v) is 9.93. The van der Waals surface area contributed by atoms with Crippen LogP contribution < -0.4 is 11.1 Å². The molecule has 0 spiro atoms. The SMILES string of the molecule is CCCCNC(=O)c1c(N)n(-c2ccc(C)c(C)c2)c2nc3ccccc3nc12. The number of hydrogen-bond acceptors (Lipinski definition) is 4. The molecule has 1 amide bonds. The van der Waals surface area contributed by atoms with Crippen LogP contribution >= 0.6 is 0 Å². The van der Waals surface area contributed by atoms with Crippen LogP contribution in [-0.2, 0) is 0 Å². The Balaban J connectivity index is 1.98. The molecule has 29 heavy (non-hydrogen) atoms. The van der Waals surface area contributed by atoms with Crippen molar-refractivity contribution in [3.8, 4) is 5.69 Å². The van der Waals surface area contributed by atoms with Crippen LogP contribution in [0.25, 0.3) is 27.9 Å². The van der Waals surface area contributed by atoms with Gasteiger partial charge in [-0.25, -0.2) is 9.97 Å². The van der Waals surface area contributed by atoms with Gasteiger partial charge in [0.25, 0.3) is 5.91 Å². The van der Waals surface area contributed by atoms with Crippen LogP contribution in [0.1, 0.15) is 41.3 Å². The van der Waals surface area contributed by atoms with Crippen molar-refractivity contribution in [3.05, 3.63) is 59.2 Å². The van der Waals surface area contributed by atoms with Crippen molar-refractivity contribution < 1.29 is 4.79 Å². The molecule has 2 heterocycles. The largest absolute Gasteiger partial charge is 0.384 e. The molecule has 6 nitrogen and oxygen atoms in total. The molecule has 148 valence electrons. The van der Waals surface area contributed by atoms with Crippen LogP contribution in [-0.4, -0.2) is 27.0 Å². The van der Waals surface area contributed by atoms with Crippen molar-refractivity contribution in [2.24, 2.45) is 0 Å². The summed E-state index contributed by atoms with van der Waals surface area (Å²) in [4.78, 5) is 22.5. The van der Waals surface area contributed by atoms with E-state index in [4.69, 9.17) is 15.7 Å². The number of anilines is 1. The molecule has 0 atom stereocenters. The molecule has 0 radical (unpaired) electrons. The molecule has 4 rings (SSSR count). The van der Waals surface area contributed by atoms with Gasteiger partial charge in [-0.1, -0.05) is 31.5 Å². The third-order valence-electron chi connectivity index (χ3n) is 5.29. The van der Waals surface area contributed by atoms with Crippen LogP contribution in [0.4, 0.5) is 5.82 Å². The lowest BCUT2D eigenvalue weighted by molar-refractivity contribution is 0.0955. The normalized spacial score (nSPS) is 11.3. The molecule has 0 saturated heterocycles. The highest BCUT2D eigenvalue weighted by molar-refractivity contribution is 6.11. The third kappa shape index (κ3) is 3.31. The molecule has 0 saturated carbocycles. The summed E-state index contributed by atoms with van der Waals surface area (Å²) in [6.45, 7) is 6.81. The second-order valence-electron chi connectivity index (χ2n) is 7.36. The van der Waals surface area contributed by atoms with Gasteiger partial charge in [0.15, 0.2) is 5.65 Å². The molecule has 6 heteroatoms. The van der Waals surface area contributed by atoms with Crippen LogP contribution in [0.5, 0.6) is 0 Å². The first-order valence-electron chi connectivity index (χ1n) is 9.93. The second kappa shape index (κ2) is 7.54. The lowest BCUT2D eigenvalue weighted by atomic mass is 10.1. The zero-order valence-corrected chi connectivity index (χ0v) is 17.0. The number of nitrogens with two attached hydrogens (primary N) is 1. The van der Waals surface area contributed by atoms with Gasteiger partial charge in [-0.05, 0) is 55.7 Å². The molecule has 3 N–H and O–H groups in total. The minimum absolute atomic E-state index is 0.215. The summed E-state index contributed by atoms with van der Waals surface area (Å²) in [5.74, 6) is 0.140. The van der Waals surface area contributed by atoms with E-state index < -0.39 is 0 Å². The van der Waals surface area contributed by atoms with Gasteiger partial charge in [0.1, 0.15) is 16.9 Å². The number of benzene rings is 2. The number of nitrogens with one attached hydrogen (secondary N) is 1. The number of rotatable bonds is 5. The minimum atomic E-state index is -0.215. The van der Waals surface area contributed by atoms with Crippen molar-refractivity contribution >= 4 is 33.9 Å². The summed E-state index contributed by atoms with van der Waals surface area (Å²) in [7, 11) is 0. The summed E-state index contributed by atoms with van der Waals surface area (Å²) < 4.78 is 1.83.